The van der Waals surface area contributed by atoms with Gasteiger partial charge < -0.3 is 4.74 Å². The Morgan fingerprint density at radius 3 is 2.94 bits per heavy atom. The van der Waals surface area contributed by atoms with Crippen molar-refractivity contribution in [3.63, 3.8) is 0 Å². The smallest absolute Gasteiger partial charge is 0.313 e. The van der Waals surface area contributed by atoms with Gasteiger partial charge in [-0.2, -0.15) is 0 Å². The molecule has 0 aliphatic rings. The Kier molecular flexibility index (Phi) is 3.93. The van der Waals surface area contributed by atoms with Crippen molar-refractivity contribution < 1.29 is 14.5 Å². The van der Waals surface area contributed by atoms with Gasteiger partial charge in [-0.3, -0.25) is 19.9 Å². The van der Waals surface area contributed by atoms with Gasteiger partial charge in [0.05, 0.1) is 17.4 Å². The maximum absolute atomic E-state index is 11.5. The monoisotopic (exact) mass is 224 g/mol. The molecule has 0 aromatic carbocycles. The number of rotatable bonds is 4. The number of carbonyl (C=O) groups is 1. The molecule has 0 fully saturated rings. The average Bonchev–Trinajstić information content (AvgIpc) is 2.28. The van der Waals surface area contributed by atoms with E-state index in [-0.39, 0.29) is 12.3 Å². The van der Waals surface area contributed by atoms with Crippen LogP contribution in [0.1, 0.15) is 25.3 Å². The van der Waals surface area contributed by atoms with Crippen molar-refractivity contribution in [2.24, 2.45) is 0 Å². The molecule has 1 aromatic heterocycles. The van der Waals surface area contributed by atoms with Crippen LogP contribution in [-0.4, -0.2) is 22.5 Å². The Morgan fingerprint density at radius 2 is 2.38 bits per heavy atom. The van der Waals surface area contributed by atoms with Crippen LogP contribution in [0.5, 0.6) is 0 Å². The van der Waals surface area contributed by atoms with Crippen LogP contribution < -0.4 is 0 Å². The second kappa shape index (κ2) is 5.20. The van der Waals surface area contributed by atoms with Crippen molar-refractivity contribution in [2.45, 2.75) is 19.8 Å². The molecule has 0 saturated carbocycles. The zero-order valence-corrected chi connectivity index (χ0v) is 9.04. The standard InChI is InChI=1S/C10H12N2O4/c1-3-16-10(13)7(2)8-4-5-11-6-9(8)12(14)15/h4-7H,3H2,1-2H3. The van der Waals surface area contributed by atoms with Gasteiger partial charge in [0, 0.05) is 11.8 Å². The topological polar surface area (TPSA) is 82.3 Å². The van der Waals surface area contributed by atoms with Crippen LogP contribution >= 0.6 is 0 Å². The second-order valence-corrected chi connectivity index (χ2v) is 3.17. The van der Waals surface area contributed by atoms with E-state index in [1.807, 2.05) is 0 Å². The molecule has 1 atom stereocenters. The van der Waals surface area contributed by atoms with E-state index in [0.717, 1.165) is 6.20 Å². The van der Waals surface area contributed by atoms with Gasteiger partial charge in [0.2, 0.25) is 0 Å². The summed E-state index contributed by atoms with van der Waals surface area (Å²) in [6, 6.07) is 1.46. The third-order valence-corrected chi connectivity index (χ3v) is 2.14. The number of nitrogens with zero attached hydrogens (tertiary/aromatic N) is 2. The van der Waals surface area contributed by atoms with Crippen molar-refractivity contribution in [1.29, 1.82) is 0 Å². The predicted molar refractivity (Wildman–Crippen MR) is 55.9 cm³/mol. The van der Waals surface area contributed by atoms with Crippen LogP contribution in [0.15, 0.2) is 18.5 Å². The first kappa shape index (κ1) is 12.1. The van der Waals surface area contributed by atoms with E-state index in [4.69, 9.17) is 4.74 Å². The summed E-state index contributed by atoms with van der Waals surface area (Å²) in [5.74, 6) is -1.14. The van der Waals surface area contributed by atoms with Gasteiger partial charge in [-0.15, -0.1) is 0 Å². The second-order valence-electron chi connectivity index (χ2n) is 3.17. The van der Waals surface area contributed by atoms with Crippen LogP contribution in [0.25, 0.3) is 0 Å². The minimum Gasteiger partial charge on any atom is -0.466 e. The van der Waals surface area contributed by atoms with Crippen LogP contribution in [0, 0.1) is 10.1 Å². The maximum atomic E-state index is 11.5. The van der Waals surface area contributed by atoms with Crippen molar-refractivity contribution in [2.75, 3.05) is 6.61 Å². The fourth-order valence-electron chi connectivity index (χ4n) is 1.31. The minimum atomic E-state index is -0.664. The summed E-state index contributed by atoms with van der Waals surface area (Å²) in [4.78, 5) is 25.3. The Balaban J connectivity index is 3.03. The fourth-order valence-corrected chi connectivity index (χ4v) is 1.31. The average molecular weight is 224 g/mol. The third kappa shape index (κ3) is 2.53. The summed E-state index contributed by atoms with van der Waals surface area (Å²) in [7, 11) is 0. The zero-order chi connectivity index (χ0) is 12.1. The van der Waals surface area contributed by atoms with Crippen molar-refractivity contribution in [3.05, 3.63) is 34.1 Å². The van der Waals surface area contributed by atoms with Crippen molar-refractivity contribution in [3.8, 4) is 0 Å². The summed E-state index contributed by atoms with van der Waals surface area (Å²) in [5.41, 5.74) is 0.154. The van der Waals surface area contributed by atoms with Crippen LogP contribution in [0.2, 0.25) is 0 Å². The molecular formula is C10H12N2O4. The first-order valence-electron chi connectivity index (χ1n) is 4.82. The number of ether oxygens (including phenoxy) is 1. The van der Waals surface area contributed by atoms with E-state index >= 15 is 0 Å². The molecule has 0 spiro atoms. The third-order valence-electron chi connectivity index (χ3n) is 2.14. The summed E-state index contributed by atoms with van der Waals surface area (Å²) in [6.45, 7) is 3.51. The number of nitro groups is 1. The summed E-state index contributed by atoms with van der Waals surface area (Å²) < 4.78 is 4.81. The molecule has 6 heteroatoms. The van der Waals surface area contributed by atoms with E-state index in [1.165, 1.54) is 12.3 Å². The first-order chi connectivity index (χ1) is 7.57. The van der Waals surface area contributed by atoms with Gasteiger partial charge in [0.15, 0.2) is 0 Å². The minimum absolute atomic E-state index is 0.164. The molecule has 0 radical (unpaired) electrons. The number of pyridine rings is 1. The molecule has 0 N–H and O–H groups in total. The van der Waals surface area contributed by atoms with Crippen molar-refractivity contribution >= 4 is 11.7 Å². The van der Waals surface area contributed by atoms with Gasteiger partial charge in [0.1, 0.15) is 6.20 Å². The molecule has 0 aliphatic carbocycles. The highest BCUT2D eigenvalue weighted by Gasteiger charge is 2.24. The normalized spacial score (nSPS) is 11.9. The maximum Gasteiger partial charge on any atom is 0.313 e. The lowest BCUT2D eigenvalue weighted by Gasteiger charge is -2.10. The van der Waals surface area contributed by atoms with Crippen LogP contribution in [0.3, 0.4) is 0 Å². The molecule has 6 nitrogen and oxygen atoms in total. The molecule has 0 bridgehead atoms. The molecule has 1 heterocycles. The molecule has 16 heavy (non-hydrogen) atoms. The lowest BCUT2D eigenvalue weighted by atomic mass is 10.0. The number of esters is 1. The zero-order valence-electron chi connectivity index (χ0n) is 9.04. The largest absolute Gasteiger partial charge is 0.466 e. The van der Waals surface area contributed by atoms with E-state index in [0.29, 0.717) is 5.56 Å². The van der Waals surface area contributed by atoms with E-state index < -0.39 is 16.8 Å². The number of hydrogen-bond acceptors (Lipinski definition) is 5. The van der Waals surface area contributed by atoms with E-state index in [9.17, 15) is 14.9 Å². The number of carbonyl (C=O) groups excluding carboxylic acids is 1. The molecule has 86 valence electrons. The Bertz CT molecular complexity index is 406. The molecule has 1 rings (SSSR count). The molecular weight excluding hydrogens is 212 g/mol. The highest BCUT2D eigenvalue weighted by Crippen LogP contribution is 2.25. The summed E-state index contributed by atoms with van der Waals surface area (Å²) in [6.07, 6.45) is 2.54. The molecule has 0 saturated heterocycles. The van der Waals surface area contributed by atoms with Gasteiger partial charge in [-0.05, 0) is 19.9 Å². The first-order valence-corrected chi connectivity index (χ1v) is 4.82. The highest BCUT2D eigenvalue weighted by atomic mass is 16.6. The number of aromatic nitrogens is 1. The SMILES string of the molecule is CCOC(=O)C(C)c1ccncc1[N+](=O)[O-]. The molecule has 1 unspecified atom stereocenters. The summed E-state index contributed by atoms with van der Waals surface area (Å²) in [5, 5.41) is 10.7. The molecule has 0 aliphatic heterocycles. The Hall–Kier alpha value is -1.98. The van der Waals surface area contributed by atoms with Crippen LogP contribution in [0.4, 0.5) is 5.69 Å². The van der Waals surface area contributed by atoms with Gasteiger partial charge >= 0.3 is 5.97 Å². The van der Waals surface area contributed by atoms with Gasteiger partial charge in [-0.1, -0.05) is 0 Å². The van der Waals surface area contributed by atoms with Crippen molar-refractivity contribution in [1.82, 2.24) is 4.98 Å². The van der Waals surface area contributed by atoms with Crippen LogP contribution in [-0.2, 0) is 9.53 Å². The lowest BCUT2D eigenvalue weighted by Crippen LogP contribution is -2.14. The highest BCUT2D eigenvalue weighted by molar-refractivity contribution is 5.79. The van der Waals surface area contributed by atoms with Gasteiger partial charge in [0.25, 0.3) is 5.69 Å². The fraction of sp³-hybridized carbons (Fsp3) is 0.400. The lowest BCUT2D eigenvalue weighted by molar-refractivity contribution is -0.386. The number of hydrogen-bond donors (Lipinski definition) is 0. The predicted octanol–water partition coefficient (Wildman–Crippen LogP) is 1.66. The van der Waals surface area contributed by atoms with Gasteiger partial charge in [-0.25, -0.2) is 0 Å². The Morgan fingerprint density at radius 1 is 1.69 bits per heavy atom. The Labute approximate surface area is 92.4 Å². The van der Waals surface area contributed by atoms with E-state index in [2.05, 4.69) is 4.98 Å². The van der Waals surface area contributed by atoms with E-state index in [1.54, 1.807) is 13.8 Å². The molecule has 0 amide bonds. The molecule has 1 aromatic rings. The summed E-state index contributed by atoms with van der Waals surface area (Å²) >= 11 is 0. The quantitative estimate of drug-likeness (QED) is 0.441.